The maximum absolute atomic E-state index is 13.9. The van der Waals surface area contributed by atoms with Gasteiger partial charge in [-0.25, -0.2) is 18.9 Å². The van der Waals surface area contributed by atoms with Gasteiger partial charge < -0.3 is 20.6 Å². The fourth-order valence-electron chi connectivity index (χ4n) is 4.44. The number of imidazole rings is 1. The molecule has 0 aliphatic carbocycles. The second kappa shape index (κ2) is 10.1. The highest BCUT2D eigenvalue weighted by molar-refractivity contribution is 5.69. The second-order valence-corrected chi connectivity index (χ2v) is 8.42. The SMILES string of the molecule is O=C(O)CNCCNc1cccc(-c2cnc3ccc(N4CCC[C@@H]4c4cccc(F)c4)nn23)n1. The largest absolute Gasteiger partial charge is 0.480 e. The summed E-state index contributed by atoms with van der Waals surface area (Å²) in [7, 11) is 0. The molecule has 3 N–H and O–H groups in total. The third-order valence-electron chi connectivity index (χ3n) is 6.02. The Labute approximate surface area is 201 Å². The first kappa shape index (κ1) is 22.7. The van der Waals surface area contributed by atoms with Crippen molar-refractivity contribution in [1.29, 1.82) is 0 Å². The molecule has 9 nitrogen and oxygen atoms in total. The molecule has 3 aromatic heterocycles. The highest BCUT2D eigenvalue weighted by Gasteiger charge is 2.28. The molecule has 5 rings (SSSR count). The van der Waals surface area contributed by atoms with Crippen molar-refractivity contribution in [2.45, 2.75) is 18.9 Å². The molecule has 4 heterocycles. The molecule has 0 spiro atoms. The highest BCUT2D eigenvalue weighted by Crippen LogP contribution is 2.35. The van der Waals surface area contributed by atoms with Crippen LogP contribution in [0.25, 0.3) is 17.0 Å². The van der Waals surface area contributed by atoms with Gasteiger partial charge in [-0.15, -0.1) is 5.10 Å². The summed E-state index contributed by atoms with van der Waals surface area (Å²) in [6.45, 7) is 1.80. The van der Waals surface area contributed by atoms with Crippen LogP contribution in [-0.2, 0) is 4.79 Å². The lowest BCUT2D eigenvalue weighted by Crippen LogP contribution is -2.27. The molecular formula is C25H26FN7O2. The predicted molar refractivity (Wildman–Crippen MR) is 131 cm³/mol. The van der Waals surface area contributed by atoms with Crippen LogP contribution in [0.5, 0.6) is 0 Å². The molecular weight excluding hydrogens is 449 g/mol. The maximum atomic E-state index is 13.9. The number of rotatable bonds is 9. The molecule has 1 saturated heterocycles. The Hall–Kier alpha value is -4.05. The van der Waals surface area contributed by atoms with E-state index in [1.165, 1.54) is 6.07 Å². The van der Waals surface area contributed by atoms with Crippen LogP contribution in [-0.4, -0.2) is 56.8 Å². The van der Waals surface area contributed by atoms with Crippen LogP contribution in [0.4, 0.5) is 16.0 Å². The zero-order valence-corrected chi connectivity index (χ0v) is 19.1. The van der Waals surface area contributed by atoms with Crippen LogP contribution in [0, 0.1) is 5.82 Å². The smallest absolute Gasteiger partial charge is 0.317 e. The van der Waals surface area contributed by atoms with Gasteiger partial charge >= 0.3 is 5.97 Å². The summed E-state index contributed by atoms with van der Waals surface area (Å²) < 4.78 is 15.6. The minimum absolute atomic E-state index is 0.0722. The average molecular weight is 476 g/mol. The molecule has 0 bridgehead atoms. The van der Waals surface area contributed by atoms with Crippen LogP contribution in [0.3, 0.4) is 0 Å². The zero-order chi connectivity index (χ0) is 24.2. The standard InChI is InChI=1S/C25H26FN7O2/c26-18-5-1-4-17(14-18)20-7-3-13-32(20)24-10-9-23-29-15-21(33(23)31-24)19-6-2-8-22(30-19)28-12-11-27-16-25(34)35/h1-2,4-6,8-10,14-15,20,27H,3,7,11-13,16H2,(H,28,30)(H,34,35)/t20-/m1/s1. The van der Waals surface area contributed by atoms with Crippen molar-refractivity contribution < 1.29 is 14.3 Å². The van der Waals surface area contributed by atoms with Gasteiger partial charge in [0.05, 0.1) is 24.5 Å². The van der Waals surface area contributed by atoms with Gasteiger partial charge in [0.2, 0.25) is 0 Å². The van der Waals surface area contributed by atoms with Crippen LogP contribution in [0.2, 0.25) is 0 Å². The van der Waals surface area contributed by atoms with Crippen molar-refractivity contribution in [3.05, 3.63) is 72.2 Å². The summed E-state index contributed by atoms with van der Waals surface area (Å²) in [4.78, 5) is 22.0. The molecule has 1 aliphatic rings. The Bertz CT molecular complexity index is 1340. The average Bonchev–Trinajstić information content (AvgIpc) is 3.51. The third kappa shape index (κ3) is 5.07. The number of hydrogen-bond donors (Lipinski definition) is 3. The molecule has 10 heteroatoms. The normalized spacial score (nSPS) is 15.6. The first-order valence-corrected chi connectivity index (χ1v) is 11.6. The highest BCUT2D eigenvalue weighted by atomic mass is 19.1. The van der Waals surface area contributed by atoms with Crippen LogP contribution in [0.15, 0.2) is 60.8 Å². The number of fused-ring (bicyclic) bond motifs is 1. The number of carbonyl (C=O) groups is 1. The molecule has 4 aromatic rings. The van der Waals surface area contributed by atoms with Crippen molar-refractivity contribution in [2.75, 3.05) is 36.4 Å². The van der Waals surface area contributed by atoms with Crippen molar-refractivity contribution in [2.24, 2.45) is 0 Å². The summed E-state index contributed by atoms with van der Waals surface area (Å²) in [6, 6.07) is 16.4. The minimum atomic E-state index is -0.888. The number of halogens is 1. The van der Waals surface area contributed by atoms with Crippen LogP contribution >= 0.6 is 0 Å². The van der Waals surface area contributed by atoms with E-state index in [1.807, 2.05) is 36.4 Å². The summed E-state index contributed by atoms with van der Waals surface area (Å²) >= 11 is 0. The van der Waals surface area contributed by atoms with Crippen LogP contribution in [0.1, 0.15) is 24.4 Å². The number of aliphatic carboxylic acids is 1. The lowest BCUT2D eigenvalue weighted by Gasteiger charge is -2.26. The molecule has 1 atom stereocenters. The van der Waals surface area contributed by atoms with E-state index in [1.54, 1.807) is 22.8 Å². The molecule has 180 valence electrons. The topological polar surface area (TPSA) is 108 Å². The van der Waals surface area contributed by atoms with Crippen molar-refractivity contribution in [3.8, 4) is 11.4 Å². The van der Waals surface area contributed by atoms with Gasteiger partial charge in [-0.3, -0.25) is 4.79 Å². The van der Waals surface area contributed by atoms with E-state index >= 15 is 0 Å². The van der Waals surface area contributed by atoms with Gasteiger partial charge in [0.25, 0.3) is 0 Å². The molecule has 0 amide bonds. The number of benzene rings is 1. The van der Waals surface area contributed by atoms with E-state index in [0.717, 1.165) is 36.5 Å². The molecule has 1 aromatic carbocycles. The maximum Gasteiger partial charge on any atom is 0.317 e. The van der Waals surface area contributed by atoms with Crippen molar-refractivity contribution >= 4 is 23.3 Å². The third-order valence-corrected chi connectivity index (χ3v) is 6.02. The van der Waals surface area contributed by atoms with E-state index in [9.17, 15) is 9.18 Å². The van der Waals surface area contributed by atoms with E-state index < -0.39 is 5.97 Å². The monoisotopic (exact) mass is 475 g/mol. The molecule has 1 aliphatic heterocycles. The second-order valence-electron chi connectivity index (χ2n) is 8.42. The van der Waals surface area contributed by atoms with Crippen molar-refractivity contribution in [1.82, 2.24) is 24.9 Å². The van der Waals surface area contributed by atoms with Gasteiger partial charge in [0.15, 0.2) is 5.65 Å². The van der Waals surface area contributed by atoms with Gasteiger partial charge in [0, 0.05) is 19.6 Å². The van der Waals surface area contributed by atoms with Gasteiger partial charge in [0.1, 0.15) is 23.1 Å². The number of hydrogen-bond acceptors (Lipinski definition) is 7. The lowest BCUT2D eigenvalue weighted by molar-refractivity contribution is -0.135. The lowest BCUT2D eigenvalue weighted by atomic mass is 10.0. The number of carboxylic acid groups (broad SMARTS) is 1. The Morgan fingerprint density at radius 1 is 1.14 bits per heavy atom. The summed E-state index contributed by atoms with van der Waals surface area (Å²) in [5.41, 5.74) is 3.14. The Morgan fingerprint density at radius 2 is 2.03 bits per heavy atom. The molecule has 0 saturated carbocycles. The summed E-state index contributed by atoms with van der Waals surface area (Å²) in [6.07, 6.45) is 3.70. The van der Waals surface area contributed by atoms with E-state index in [2.05, 4.69) is 25.5 Å². The number of aromatic nitrogens is 4. The Balaban J connectivity index is 1.38. The molecule has 0 unspecified atom stereocenters. The minimum Gasteiger partial charge on any atom is -0.480 e. The quantitative estimate of drug-likeness (QED) is 0.316. The predicted octanol–water partition coefficient (Wildman–Crippen LogP) is 3.36. The fourth-order valence-corrected chi connectivity index (χ4v) is 4.44. The summed E-state index contributed by atoms with van der Waals surface area (Å²) in [5, 5.41) is 19.6. The zero-order valence-electron chi connectivity index (χ0n) is 19.1. The number of anilines is 2. The van der Waals surface area contributed by atoms with E-state index in [4.69, 9.17) is 10.2 Å². The Kier molecular flexibility index (Phi) is 6.53. The van der Waals surface area contributed by atoms with Gasteiger partial charge in [-0.05, 0) is 54.8 Å². The summed E-state index contributed by atoms with van der Waals surface area (Å²) in [5.74, 6) is 0.367. The number of carboxylic acids is 1. The number of pyridine rings is 1. The molecule has 1 fully saturated rings. The first-order valence-electron chi connectivity index (χ1n) is 11.6. The number of nitrogens with one attached hydrogen (secondary N) is 2. The molecule has 0 radical (unpaired) electrons. The van der Waals surface area contributed by atoms with E-state index in [0.29, 0.717) is 30.2 Å². The molecule has 35 heavy (non-hydrogen) atoms. The van der Waals surface area contributed by atoms with Crippen LogP contribution < -0.4 is 15.5 Å². The van der Waals surface area contributed by atoms with E-state index in [-0.39, 0.29) is 18.4 Å². The number of nitrogens with zero attached hydrogens (tertiary/aromatic N) is 5. The van der Waals surface area contributed by atoms with Crippen molar-refractivity contribution in [3.63, 3.8) is 0 Å². The fraction of sp³-hybridized carbons (Fsp3) is 0.280. The first-order chi connectivity index (χ1) is 17.1. The Morgan fingerprint density at radius 3 is 2.89 bits per heavy atom. The van der Waals surface area contributed by atoms with Gasteiger partial charge in [-0.2, -0.15) is 0 Å². The van der Waals surface area contributed by atoms with Gasteiger partial charge in [-0.1, -0.05) is 18.2 Å².